The number of nitrogens with zero attached hydrogens (tertiary/aromatic N) is 1. The zero-order valence-corrected chi connectivity index (χ0v) is 16.2. The maximum atomic E-state index is 12.6. The molecular formula is C23H21N3O3. The van der Waals surface area contributed by atoms with Crippen LogP contribution in [0, 0.1) is 6.92 Å². The molecule has 29 heavy (non-hydrogen) atoms. The van der Waals surface area contributed by atoms with Gasteiger partial charge in [0.05, 0.1) is 18.4 Å². The summed E-state index contributed by atoms with van der Waals surface area (Å²) in [5.74, 6) is 0.0199. The molecule has 1 atom stereocenters. The average molecular weight is 387 g/mol. The summed E-state index contributed by atoms with van der Waals surface area (Å²) in [5.41, 5.74) is 4.89. The zero-order valence-electron chi connectivity index (χ0n) is 16.2. The van der Waals surface area contributed by atoms with Crippen molar-refractivity contribution < 1.29 is 14.3 Å². The summed E-state index contributed by atoms with van der Waals surface area (Å²) in [5, 5.41) is 5.65. The van der Waals surface area contributed by atoms with Crippen LogP contribution < -0.4 is 15.4 Å². The van der Waals surface area contributed by atoms with E-state index in [4.69, 9.17) is 4.74 Å². The first kappa shape index (κ1) is 18.7. The van der Waals surface area contributed by atoms with Crippen molar-refractivity contribution in [1.29, 1.82) is 0 Å². The first-order chi connectivity index (χ1) is 14.0. The van der Waals surface area contributed by atoms with E-state index in [9.17, 15) is 9.59 Å². The second kappa shape index (κ2) is 7.75. The highest BCUT2D eigenvalue weighted by atomic mass is 16.5. The highest BCUT2D eigenvalue weighted by Gasteiger charge is 2.28. The van der Waals surface area contributed by atoms with Crippen molar-refractivity contribution in [3.05, 3.63) is 77.6 Å². The molecule has 2 heterocycles. The number of fused-ring (bicyclic) bond motifs is 1. The Balaban J connectivity index is 1.51. The van der Waals surface area contributed by atoms with E-state index < -0.39 is 6.04 Å². The molecule has 1 aliphatic rings. The molecule has 0 saturated carbocycles. The largest absolute Gasteiger partial charge is 0.497 e. The Morgan fingerprint density at radius 3 is 2.45 bits per heavy atom. The van der Waals surface area contributed by atoms with Gasteiger partial charge in [-0.05, 0) is 42.3 Å². The Labute approximate surface area is 168 Å². The smallest absolute Gasteiger partial charge is 0.254 e. The molecular weight excluding hydrogens is 366 g/mol. The molecule has 2 aromatic carbocycles. The second-order valence-electron chi connectivity index (χ2n) is 7.02. The number of aryl methyl sites for hydroxylation is 1. The predicted octanol–water partition coefficient (Wildman–Crippen LogP) is 3.36. The van der Waals surface area contributed by atoms with E-state index in [2.05, 4.69) is 15.6 Å². The third kappa shape index (κ3) is 3.96. The molecule has 2 amide bonds. The molecule has 1 unspecified atom stereocenters. The summed E-state index contributed by atoms with van der Waals surface area (Å²) < 4.78 is 5.18. The standard InChI is InChI=1S/C23H21N3O3/c1-14-3-6-17(13-24-14)16-7-4-15(5-8-16)11-21-23(28)25-20-10-9-18(29-2)12-19(20)22(27)26-21/h3-10,12-13,21H,11H2,1-2H3,(H,25,28)(H,26,27). The summed E-state index contributed by atoms with van der Waals surface area (Å²) >= 11 is 0. The quantitative estimate of drug-likeness (QED) is 0.719. The van der Waals surface area contributed by atoms with Gasteiger partial charge in [0.15, 0.2) is 0 Å². The van der Waals surface area contributed by atoms with Crippen LogP contribution >= 0.6 is 0 Å². The van der Waals surface area contributed by atoms with Gasteiger partial charge in [0.1, 0.15) is 11.8 Å². The van der Waals surface area contributed by atoms with Crippen LogP contribution in [0.25, 0.3) is 11.1 Å². The number of nitrogens with one attached hydrogen (secondary N) is 2. The number of aromatic nitrogens is 1. The lowest BCUT2D eigenvalue weighted by atomic mass is 10.0. The topological polar surface area (TPSA) is 80.3 Å². The Hall–Kier alpha value is -3.67. The van der Waals surface area contributed by atoms with E-state index in [-0.39, 0.29) is 11.8 Å². The molecule has 0 fully saturated rings. The van der Waals surface area contributed by atoms with Gasteiger partial charge in [-0.1, -0.05) is 30.3 Å². The van der Waals surface area contributed by atoms with Gasteiger partial charge in [0.2, 0.25) is 5.91 Å². The maximum absolute atomic E-state index is 12.6. The van der Waals surface area contributed by atoms with E-state index in [1.54, 1.807) is 18.2 Å². The van der Waals surface area contributed by atoms with Crippen molar-refractivity contribution >= 4 is 17.5 Å². The summed E-state index contributed by atoms with van der Waals surface area (Å²) in [6.07, 6.45) is 2.24. The van der Waals surface area contributed by atoms with Gasteiger partial charge >= 0.3 is 0 Å². The lowest BCUT2D eigenvalue weighted by Gasteiger charge is -2.15. The lowest BCUT2D eigenvalue weighted by Crippen LogP contribution is -2.42. The van der Waals surface area contributed by atoms with Crippen molar-refractivity contribution in [2.75, 3.05) is 12.4 Å². The van der Waals surface area contributed by atoms with E-state index >= 15 is 0 Å². The van der Waals surface area contributed by atoms with Gasteiger partial charge < -0.3 is 15.4 Å². The molecule has 6 heteroatoms. The number of benzene rings is 2. The zero-order chi connectivity index (χ0) is 20.4. The first-order valence-corrected chi connectivity index (χ1v) is 9.35. The molecule has 2 N–H and O–H groups in total. The number of hydrogen-bond donors (Lipinski definition) is 2. The molecule has 6 nitrogen and oxygen atoms in total. The third-order valence-corrected chi connectivity index (χ3v) is 4.99. The van der Waals surface area contributed by atoms with Crippen molar-refractivity contribution in [2.24, 2.45) is 0 Å². The normalized spacial score (nSPS) is 15.7. The Morgan fingerprint density at radius 2 is 1.76 bits per heavy atom. The molecule has 0 spiro atoms. The average Bonchev–Trinajstić information content (AvgIpc) is 2.85. The minimum atomic E-state index is -0.659. The van der Waals surface area contributed by atoms with Crippen LogP contribution in [0.15, 0.2) is 60.8 Å². The van der Waals surface area contributed by atoms with Crippen LogP contribution in [0.3, 0.4) is 0 Å². The molecule has 1 aromatic heterocycles. The van der Waals surface area contributed by atoms with Crippen LogP contribution in [0.2, 0.25) is 0 Å². The monoisotopic (exact) mass is 387 g/mol. The molecule has 3 aromatic rings. The number of hydrogen-bond acceptors (Lipinski definition) is 4. The van der Waals surface area contributed by atoms with E-state index in [0.717, 1.165) is 22.4 Å². The first-order valence-electron chi connectivity index (χ1n) is 9.35. The number of rotatable bonds is 4. The minimum Gasteiger partial charge on any atom is -0.497 e. The molecule has 0 saturated heterocycles. The Bertz CT molecular complexity index is 1060. The highest BCUT2D eigenvalue weighted by Crippen LogP contribution is 2.25. The van der Waals surface area contributed by atoms with Crippen molar-refractivity contribution in [3.8, 4) is 16.9 Å². The van der Waals surface area contributed by atoms with Gasteiger partial charge in [-0.3, -0.25) is 14.6 Å². The predicted molar refractivity (Wildman–Crippen MR) is 111 cm³/mol. The summed E-state index contributed by atoms with van der Waals surface area (Å²) in [6, 6.07) is 16.3. The van der Waals surface area contributed by atoms with Crippen molar-refractivity contribution in [2.45, 2.75) is 19.4 Å². The fraction of sp³-hybridized carbons (Fsp3) is 0.174. The van der Waals surface area contributed by atoms with Crippen molar-refractivity contribution in [1.82, 2.24) is 10.3 Å². The van der Waals surface area contributed by atoms with Gasteiger partial charge in [-0.25, -0.2) is 0 Å². The number of pyridine rings is 1. The number of carbonyl (C=O) groups excluding carboxylic acids is 2. The maximum Gasteiger partial charge on any atom is 0.254 e. The minimum absolute atomic E-state index is 0.242. The Morgan fingerprint density at radius 1 is 1.00 bits per heavy atom. The van der Waals surface area contributed by atoms with E-state index in [0.29, 0.717) is 23.4 Å². The molecule has 1 aliphatic heterocycles. The van der Waals surface area contributed by atoms with E-state index in [1.807, 2.05) is 49.5 Å². The lowest BCUT2D eigenvalue weighted by molar-refractivity contribution is -0.117. The van der Waals surface area contributed by atoms with Crippen molar-refractivity contribution in [3.63, 3.8) is 0 Å². The van der Waals surface area contributed by atoms with E-state index in [1.165, 1.54) is 7.11 Å². The number of carbonyl (C=O) groups is 2. The van der Waals surface area contributed by atoms with Gasteiger partial charge in [-0.2, -0.15) is 0 Å². The van der Waals surface area contributed by atoms with Crippen LogP contribution in [-0.4, -0.2) is 29.9 Å². The molecule has 0 bridgehead atoms. The molecule has 0 aliphatic carbocycles. The summed E-state index contributed by atoms with van der Waals surface area (Å²) in [7, 11) is 1.54. The number of methoxy groups -OCH3 is 1. The molecule has 0 radical (unpaired) electrons. The summed E-state index contributed by atoms with van der Waals surface area (Å²) in [6.45, 7) is 1.95. The summed E-state index contributed by atoms with van der Waals surface area (Å²) in [4.78, 5) is 29.6. The SMILES string of the molecule is COc1ccc2c(c1)C(=O)NC(Cc1ccc(-c3ccc(C)nc3)cc1)C(=O)N2. The van der Waals surface area contributed by atoms with Crippen LogP contribution in [0.5, 0.6) is 5.75 Å². The van der Waals surface area contributed by atoms with Crippen LogP contribution in [0.1, 0.15) is 21.6 Å². The fourth-order valence-corrected chi connectivity index (χ4v) is 3.32. The van der Waals surface area contributed by atoms with Gasteiger partial charge in [-0.15, -0.1) is 0 Å². The number of ether oxygens (including phenoxy) is 1. The molecule has 4 rings (SSSR count). The Kier molecular flexibility index (Phi) is 4.99. The third-order valence-electron chi connectivity index (χ3n) is 4.99. The molecule has 146 valence electrons. The second-order valence-corrected chi connectivity index (χ2v) is 7.02. The van der Waals surface area contributed by atoms with Crippen LogP contribution in [-0.2, 0) is 11.2 Å². The number of anilines is 1. The van der Waals surface area contributed by atoms with Gasteiger partial charge in [0.25, 0.3) is 5.91 Å². The fourth-order valence-electron chi connectivity index (χ4n) is 3.32. The highest BCUT2D eigenvalue weighted by molar-refractivity contribution is 6.10. The number of amides is 2. The van der Waals surface area contributed by atoms with Crippen LogP contribution in [0.4, 0.5) is 5.69 Å². The van der Waals surface area contributed by atoms with Gasteiger partial charge in [0, 0.05) is 23.9 Å².